The van der Waals surface area contributed by atoms with Gasteiger partial charge in [0, 0.05) is 24.0 Å². The minimum atomic E-state index is -0.681. The van der Waals surface area contributed by atoms with Crippen LogP contribution in [0.3, 0.4) is 0 Å². The highest BCUT2D eigenvalue weighted by Crippen LogP contribution is 2.32. The maximum Gasteiger partial charge on any atom is 0.337 e. The summed E-state index contributed by atoms with van der Waals surface area (Å²) in [5, 5.41) is 5.71. The van der Waals surface area contributed by atoms with Crippen LogP contribution >= 0.6 is 0 Å². The molecule has 0 saturated heterocycles. The van der Waals surface area contributed by atoms with Crippen molar-refractivity contribution < 1.29 is 19.1 Å². The van der Waals surface area contributed by atoms with Gasteiger partial charge in [0.15, 0.2) is 0 Å². The molecule has 32 heavy (non-hydrogen) atoms. The molecule has 2 aromatic carbocycles. The minimum absolute atomic E-state index is 0.276. The van der Waals surface area contributed by atoms with Crippen molar-refractivity contribution >= 4 is 29.7 Å². The normalized spacial score (nSPS) is 16.2. The van der Waals surface area contributed by atoms with Crippen molar-refractivity contribution in [3.63, 3.8) is 0 Å². The van der Waals surface area contributed by atoms with Gasteiger partial charge in [0.25, 0.3) is 0 Å². The lowest BCUT2D eigenvalue weighted by molar-refractivity contribution is -0.136. The topological polar surface area (TPSA) is 87.7 Å². The van der Waals surface area contributed by atoms with E-state index in [0.29, 0.717) is 29.1 Å². The zero-order valence-corrected chi connectivity index (χ0v) is 18.4. The Morgan fingerprint density at radius 2 is 1.91 bits per heavy atom. The van der Waals surface area contributed by atoms with Gasteiger partial charge >= 0.3 is 12.0 Å². The Labute approximate surface area is 187 Å². The fourth-order valence-electron chi connectivity index (χ4n) is 3.61. The summed E-state index contributed by atoms with van der Waals surface area (Å²) in [7, 11) is 1.32. The monoisotopic (exact) mass is 433 g/mol. The molecular formula is C25H27N3O4. The van der Waals surface area contributed by atoms with Gasteiger partial charge in [0.1, 0.15) is 0 Å². The number of benzene rings is 2. The van der Waals surface area contributed by atoms with E-state index < -0.39 is 12.0 Å². The van der Waals surface area contributed by atoms with E-state index in [1.165, 1.54) is 13.2 Å². The molecule has 1 heterocycles. The molecule has 0 aromatic heterocycles. The Balaban J connectivity index is 1.85. The number of amides is 3. The number of allylic oxidation sites excluding steroid dienone is 1. The molecule has 3 amide bonds. The summed E-state index contributed by atoms with van der Waals surface area (Å²) in [6.07, 6.45) is 3.93. The Hall–Kier alpha value is -3.87. The number of hydrogen-bond donors (Lipinski definition) is 2. The first-order valence-electron chi connectivity index (χ1n) is 10.5. The first-order valence-corrected chi connectivity index (χ1v) is 10.5. The van der Waals surface area contributed by atoms with Crippen LogP contribution in [0.4, 0.5) is 10.5 Å². The van der Waals surface area contributed by atoms with E-state index in [0.717, 1.165) is 12.0 Å². The van der Waals surface area contributed by atoms with Crippen LogP contribution in [-0.4, -0.2) is 36.5 Å². The van der Waals surface area contributed by atoms with Gasteiger partial charge in [-0.15, -0.1) is 0 Å². The van der Waals surface area contributed by atoms with E-state index in [1.54, 1.807) is 42.2 Å². The SMILES string of the molecule is CCCN1C(=O)NC(c2cccc(NC(=O)/C=C/c3ccccc3)c2)C(C(=O)OC)=C1C. The maximum absolute atomic E-state index is 12.7. The third-order valence-electron chi connectivity index (χ3n) is 5.16. The molecule has 0 aliphatic carbocycles. The predicted molar refractivity (Wildman–Crippen MR) is 124 cm³/mol. The largest absolute Gasteiger partial charge is 0.466 e. The second kappa shape index (κ2) is 10.4. The molecule has 166 valence electrons. The molecule has 1 unspecified atom stereocenters. The molecule has 2 aromatic rings. The van der Waals surface area contributed by atoms with Crippen LogP contribution in [0.15, 0.2) is 71.9 Å². The molecule has 2 N–H and O–H groups in total. The van der Waals surface area contributed by atoms with Crippen molar-refractivity contribution in [3.05, 3.63) is 83.1 Å². The molecule has 0 spiro atoms. The number of esters is 1. The van der Waals surface area contributed by atoms with E-state index in [1.807, 2.05) is 37.3 Å². The molecule has 3 rings (SSSR count). The van der Waals surface area contributed by atoms with Crippen molar-refractivity contribution in [2.75, 3.05) is 19.0 Å². The number of urea groups is 1. The lowest BCUT2D eigenvalue weighted by Crippen LogP contribution is -2.48. The highest BCUT2D eigenvalue weighted by molar-refractivity contribution is 6.02. The van der Waals surface area contributed by atoms with E-state index in [-0.39, 0.29) is 11.9 Å². The Bertz CT molecular complexity index is 1060. The van der Waals surface area contributed by atoms with Gasteiger partial charge in [-0.3, -0.25) is 9.69 Å². The molecule has 0 radical (unpaired) electrons. The summed E-state index contributed by atoms with van der Waals surface area (Å²) in [5.74, 6) is -0.790. The van der Waals surface area contributed by atoms with Crippen LogP contribution in [0.2, 0.25) is 0 Å². The number of hydrogen-bond acceptors (Lipinski definition) is 4. The lowest BCUT2D eigenvalue weighted by atomic mass is 9.94. The van der Waals surface area contributed by atoms with Crippen molar-refractivity contribution in [1.29, 1.82) is 0 Å². The van der Waals surface area contributed by atoms with Gasteiger partial charge in [0.2, 0.25) is 5.91 Å². The average Bonchev–Trinajstić information content (AvgIpc) is 2.80. The maximum atomic E-state index is 12.7. The second-order valence-corrected chi connectivity index (χ2v) is 7.38. The van der Waals surface area contributed by atoms with E-state index >= 15 is 0 Å². The smallest absolute Gasteiger partial charge is 0.337 e. The quantitative estimate of drug-likeness (QED) is 0.504. The molecular weight excluding hydrogens is 406 g/mol. The van der Waals surface area contributed by atoms with Gasteiger partial charge in [-0.05, 0) is 42.7 Å². The Morgan fingerprint density at radius 3 is 2.59 bits per heavy atom. The third-order valence-corrected chi connectivity index (χ3v) is 5.16. The number of carbonyl (C=O) groups excluding carboxylic acids is 3. The van der Waals surface area contributed by atoms with Crippen molar-refractivity contribution in [1.82, 2.24) is 10.2 Å². The molecule has 1 aliphatic heterocycles. The number of nitrogens with one attached hydrogen (secondary N) is 2. The summed E-state index contributed by atoms with van der Waals surface area (Å²) < 4.78 is 4.99. The van der Waals surface area contributed by atoms with E-state index in [9.17, 15) is 14.4 Å². The number of nitrogens with zero attached hydrogens (tertiary/aromatic N) is 1. The van der Waals surface area contributed by atoms with Crippen LogP contribution in [0, 0.1) is 0 Å². The van der Waals surface area contributed by atoms with Crippen LogP contribution in [0.5, 0.6) is 0 Å². The highest BCUT2D eigenvalue weighted by Gasteiger charge is 2.35. The number of rotatable bonds is 7. The molecule has 1 aliphatic rings. The molecule has 0 saturated carbocycles. The number of ether oxygens (including phenoxy) is 1. The van der Waals surface area contributed by atoms with Gasteiger partial charge in [-0.2, -0.15) is 0 Å². The number of carbonyl (C=O) groups is 3. The Kier molecular flexibility index (Phi) is 7.44. The lowest BCUT2D eigenvalue weighted by Gasteiger charge is -2.35. The average molecular weight is 434 g/mol. The van der Waals surface area contributed by atoms with Crippen LogP contribution in [0.1, 0.15) is 37.4 Å². The van der Waals surface area contributed by atoms with Crippen molar-refractivity contribution in [2.45, 2.75) is 26.3 Å². The molecule has 0 bridgehead atoms. The summed E-state index contributed by atoms with van der Waals surface area (Å²) in [6, 6.07) is 15.6. The first kappa shape index (κ1) is 22.8. The number of anilines is 1. The predicted octanol–water partition coefficient (Wildman–Crippen LogP) is 4.26. The first-order chi connectivity index (χ1) is 15.4. The summed E-state index contributed by atoms with van der Waals surface area (Å²) in [4.78, 5) is 39.1. The van der Waals surface area contributed by atoms with E-state index in [4.69, 9.17) is 4.74 Å². The number of methoxy groups -OCH3 is 1. The van der Waals surface area contributed by atoms with Gasteiger partial charge in [-0.25, -0.2) is 9.59 Å². The van der Waals surface area contributed by atoms with Crippen molar-refractivity contribution in [2.24, 2.45) is 0 Å². The van der Waals surface area contributed by atoms with Crippen LogP contribution < -0.4 is 10.6 Å². The standard InChI is InChI=1S/C25H27N3O4/c1-4-15-28-17(2)22(24(30)32-3)23(27-25(28)31)19-11-8-12-20(16-19)26-21(29)14-13-18-9-6-5-7-10-18/h5-14,16,23H,4,15H2,1-3H3,(H,26,29)(H,27,31)/b14-13+. The van der Waals surface area contributed by atoms with Gasteiger partial charge in [0.05, 0.1) is 18.7 Å². The van der Waals surface area contributed by atoms with Gasteiger partial charge in [-0.1, -0.05) is 49.4 Å². The third kappa shape index (κ3) is 5.24. The Morgan fingerprint density at radius 1 is 1.16 bits per heavy atom. The molecule has 1 atom stereocenters. The highest BCUT2D eigenvalue weighted by atomic mass is 16.5. The molecule has 0 fully saturated rings. The fraction of sp³-hybridized carbons (Fsp3) is 0.240. The summed E-state index contributed by atoms with van der Waals surface area (Å²) in [5.41, 5.74) is 3.07. The molecule has 7 heteroatoms. The van der Waals surface area contributed by atoms with Crippen LogP contribution in [0.25, 0.3) is 6.08 Å². The summed E-state index contributed by atoms with van der Waals surface area (Å²) >= 11 is 0. The molecule has 7 nitrogen and oxygen atoms in total. The van der Waals surface area contributed by atoms with Gasteiger partial charge < -0.3 is 15.4 Å². The fourth-order valence-corrected chi connectivity index (χ4v) is 3.61. The van der Waals surface area contributed by atoms with Crippen molar-refractivity contribution in [3.8, 4) is 0 Å². The van der Waals surface area contributed by atoms with E-state index in [2.05, 4.69) is 10.6 Å². The zero-order chi connectivity index (χ0) is 23.1. The second-order valence-electron chi connectivity index (χ2n) is 7.38. The van der Waals surface area contributed by atoms with Crippen LogP contribution in [-0.2, 0) is 14.3 Å². The minimum Gasteiger partial charge on any atom is -0.466 e. The summed E-state index contributed by atoms with van der Waals surface area (Å²) in [6.45, 7) is 4.20. The zero-order valence-electron chi connectivity index (χ0n) is 18.4.